The van der Waals surface area contributed by atoms with E-state index in [2.05, 4.69) is 14.1 Å². The van der Waals surface area contributed by atoms with Gasteiger partial charge in [-0.15, -0.1) is 0 Å². The van der Waals surface area contributed by atoms with Gasteiger partial charge in [-0.3, -0.25) is 9.59 Å². The van der Waals surface area contributed by atoms with E-state index in [1.807, 2.05) is 0 Å². The molecule has 0 aliphatic rings. The smallest absolute Gasteiger partial charge is 0.291 e. The highest BCUT2D eigenvalue weighted by Crippen LogP contribution is 2.23. The SMILES string of the molecule is Cc1cc2oc(C(=O)Nc3ccc4nsnc4c3)cc(=O)c2cc1Cl. The number of carbonyl (C=O) groups is 1. The van der Waals surface area contributed by atoms with Gasteiger partial charge in [0.2, 0.25) is 0 Å². The fraction of sp³-hybridized carbons (Fsp3) is 0.0588. The standard InChI is InChI=1S/C17H10ClN3O3S/c1-8-4-15-10(6-11(8)18)14(22)7-16(24-15)17(23)19-9-2-3-12-13(5-9)21-25-20-12/h2-7H,1H3,(H,19,23). The molecule has 6 nitrogen and oxygen atoms in total. The highest BCUT2D eigenvalue weighted by molar-refractivity contribution is 7.00. The van der Waals surface area contributed by atoms with Gasteiger partial charge in [0.25, 0.3) is 5.91 Å². The molecule has 0 bridgehead atoms. The van der Waals surface area contributed by atoms with Crippen LogP contribution in [-0.2, 0) is 0 Å². The summed E-state index contributed by atoms with van der Waals surface area (Å²) in [4.78, 5) is 24.7. The number of nitrogens with zero attached hydrogens (tertiary/aromatic N) is 2. The van der Waals surface area contributed by atoms with Crippen molar-refractivity contribution in [1.29, 1.82) is 0 Å². The Balaban J connectivity index is 1.71. The molecule has 0 saturated heterocycles. The average molecular weight is 372 g/mol. The van der Waals surface area contributed by atoms with Crippen LogP contribution < -0.4 is 10.7 Å². The molecule has 0 spiro atoms. The summed E-state index contributed by atoms with van der Waals surface area (Å²) in [7, 11) is 0. The van der Waals surface area contributed by atoms with Gasteiger partial charge in [-0.25, -0.2) is 0 Å². The molecule has 0 aliphatic heterocycles. The minimum atomic E-state index is -0.519. The van der Waals surface area contributed by atoms with Crippen molar-refractivity contribution in [2.45, 2.75) is 6.92 Å². The lowest BCUT2D eigenvalue weighted by Gasteiger charge is -2.06. The maximum atomic E-state index is 12.4. The molecule has 0 radical (unpaired) electrons. The Hall–Kier alpha value is -2.77. The largest absolute Gasteiger partial charge is 0.451 e. The van der Waals surface area contributed by atoms with Crippen molar-refractivity contribution in [2.75, 3.05) is 5.32 Å². The van der Waals surface area contributed by atoms with Crippen LogP contribution in [0.15, 0.2) is 45.6 Å². The average Bonchev–Trinajstić information content (AvgIpc) is 3.04. The number of amides is 1. The third-order valence-corrected chi connectivity index (χ3v) is 4.71. The second kappa shape index (κ2) is 5.94. The van der Waals surface area contributed by atoms with Crippen molar-refractivity contribution in [3.8, 4) is 0 Å². The minimum Gasteiger partial charge on any atom is -0.451 e. The number of aromatic nitrogens is 2. The summed E-state index contributed by atoms with van der Waals surface area (Å²) in [5.41, 5.74) is 2.74. The maximum Gasteiger partial charge on any atom is 0.291 e. The van der Waals surface area contributed by atoms with E-state index >= 15 is 0 Å². The van der Waals surface area contributed by atoms with Gasteiger partial charge in [-0.2, -0.15) is 8.75 Å². The zero-order valence-electron chi connectivity index (χ0n) is 12.9. The number of benzene rings is 2. The Labute approximate surface area is 150 Å². The van der Waals surface area contributed by atoms with Crippen molar-refractivity contribution < 1.29 is 9.21 Å². The molecule has 0 unspecified atom stereocenters. The number of nitrogens with one attached hydrogen (secondary N) is 1. The molecule has 1 N–H and O–H groups in total. The Kier molecular flexibility index (Phi) is 3.74. The lowest BCUT2D eigenvalue weighted by Crippen LogP contribution is -2.15. The molecule has 1 amide bonds. The maximum absolute atomic E-state index is 12.4. The zero-order chi connectivity index (χ0) is 17.6. The molecular weight excluding hydrogens is 362 g/mol. The fourth-order valence-corrected chi connectivity index (χ4v) is 3.12. The molecule has 2 aromatic heterocycles. The third-order valence-electron chi connectivity index (χ3n) is 3.74. The number of rotatable bonds is 2. The van der Waals surface area contributed by atoms with Crippen LogP contribution in [0.2, 0.25) is 5.02 Å². The Morgan fingerprint density at radius 3 is 2.80 bits per heavy atom. The molecule has 8 heteroatoms. The summed E-state index contributed by atoms with van der Waals surface area (Å²) in [5, 5.41) is 3.51. The van der Waals surface area contributed by atoms with E-state index in [-0.39, 0.29) is 11.2 Å². The number of fused-ring (bicyclic) bond motifs is 2. The predicted octanol–water partition coefficient (Wildman–Crippen LogP) is 4.01. The van der Waals surface area contributed by atoms with Crippen LogP contribution in [0.3, 0.4) is 0 Å². The topological polar surface area (TPSA) is 85.1 Å². The lowest BCUT2D eigenvalue weighted by molar-refractivity contribution is 0.0997. The second-order valence-electron chi connectivity index (χ2n) is 5.49. The fourth-order valence-electron chi connectivity index (χ4n) is 2.44. The molecule has 0 aliphatic carbocycles. The number of hydrogen-bond donors (Lipinski definition) is 1. The summed E-state index contributed by atoms with van der Waals surface area (Å²) >= 11 is 7.14. The molecule has 4 aromatic rings. The minimum absolute atomic E-state index is 0.0734. The van der Waals surface area contributed by atoms with E-state index in [4.69, 9.17) is 16.0 Å². The van der Waals surface area contributed by atoms with Gasteiger partial charge in [-0.05, 0) is 42.8 Å². The van der Waals surface area contributed by atoms with E-state index in [1.54, 1.807) is 37.3 Å². The summed E-state index contributed by atoms with van der Waals surface area (Å²) in [6, 6.07) is 9.53. The summed E-state index contributed by atoms with van der Waals surface area (Å²) < 4.78 is 13.8. The van der Waals surface area contributed by atoms with Crippen LogP contribution in [0.5, 0.6) is 0 Å². The summed E-state index contributed by atoms with van der Waals surface area (Å²) in [5.74, 6) is -0.593. The van der Waals surface area contributed by atoms with E-state index < -0.39 is 5.91 Å². The molecular formula is C17H10ClN3O3S. The highest BCUT2D eigenvalue weighted by atomic mass is 35.5. The number of hydrogen-bond acceptors (Lipinski definition) is 6. The van der Waals surface area contributed by atoms with E-state index in [0.29, 0.717) is 27.2 Å². The van der Waals surface area contributed by atoms with E-state index in [9.17, 15) is 9.59 Å². The second-order valence-corrected chi connectivity index (χ2v) is 6.43. The Morgan fingerprint density at radius 1 is 1.16 bits per heavy atom. The van der Waals surface area contributed by atoms with Gasteiger partial charge in [0.05, 0.1) is 17.1 Å². The summed E-state index contributed by atoms with van der Waals surface area (Å²) in [6.45, 7) is 1.80. The molecule has 25 heavy (non-hydrogen) atoms. The van der Waals surface area contributed by atoms with Gasteiger partial charge < -0.3 is 9.73 Å². The molecule has 4 rings (SSSR count). The van der Waals surface area contributed by atoms with Crippen molar-refractivity contribution in [3.63, 3.8) is 0 Å². The first-order valence-electron chi connectivity index (χ1n) is 7.29. The Bertz CT molecular complexity index is 1200. The van der Waals surface area contributed by atoms with E-state index in [1.165, 1.54) is 0 Å². The molecule has 0 saturated carbocycles. The van der Waals surface area contributed by atoms with Crippen molar-refractivity contribution in [3.05, 3.63) is 63.0 Å². The predicted molar refractivity (Wildman–Crippen MR) is 97.6 cm³/mol. The van der Waals surface area contributed by atoms with Crippen LogP contribution >= 0.6 is 23.3 Å². The van der Waals surface area contributed by atoms with Crippen LogP contribution in [-0.4, -0.2) is 14.7 Å². The number of carbonyl (C=O) groups excluding carboxylic acids is 1. The molecule has 0 fully saturated rings. The van der Waals surface area contributed by atoms with Crippen LogP contribution in [0.4, 0.5) is 5.69 Å². The quantitative estimate of drug-likeness (QED) is 0.575. The lowest BCUT2D eigenvalue weighted by atomic mass is 10.1. The third kappa shape index (κ3) is 2.88. The monoisotopic (exact) mass is 371 g/mol. The Morgan fingerprint density at radius 2 is 1.96 bits per heavy atom. The van der Waals surface area contributed by atoms with Gasteiger partial charge in [0.15, 0.2) is 11.2 Å². The molecule has 124 valence electrons. The van der Waals surface area contributed by atoms with Crippen LogP contribution in [0, 0.1) is 6.92 Å². The first-order chi connectivity index (χ1) is 12.0. The first kappa shape index (κ1) is 15.7. The first-order valence-corrected chi connectivity index (χ1v) is 8.40. The van der Waals surface area contributed by atoms with Gasteiger partial charge in [0, 0.05) is 16.8 Å². The van der Waals surface area contributed by atoms with Crippen molar-refractivity contribution in [1.82, 2.24) is 8.75 Å². The molecule has 2 aromatic carbocycles. The van der Waals surface area contributed by atoms with Crippen molar-refractivity contribution >= 4 is 56.9 Å². The van der Waals surface area contributed by atoms with E-state index in [0.717, 1.165) is 28.9 Å². The van der Waals surface area contributed by atoms with Crippen LogP contribution in [0.25, 0.3) is 22.0 Å². The summed E-state index contributed by atoms with van der Waals surface area (Å²) in [6.07, 6.45) is 0. The van der Waals surface area contributed by atoms with Crippen molar-refractivity contribution in [2.24, 2.45) is 0 Å². The molecule has 2 heterocycles. The number of aryl methyl sites for hydroxylation is 1. The zero-order valence-corrected chi connectivity index (χ0v) is 14.4. The van der Waals surface area contributed by atoms with Gasteiger partial charge in [0.1, 0.15) is 16.6 Å². The van der Waals surface area contributed by atoms with Gasteiger partial charge >= 0.3 is 0 Å². The highest BCUT2D eigenvalue weighted by Gasteiger charge is 2.14. The molecule has 0 atom stereocenters. The van der Waals surface area contributed by atoms with Gasteiger partial charge in [-0.1, -0.05) is 11.6 Å². The normalized spacial score (nSPS) is 11.1. The van der Waals surface area contributed by atoms with Crippen LogP contribution in [0.1, 0.15) is 16.1 Å². The number of halogens is 1. The number of anilines is 1.